The predicted octanol–water partition coefficient (Wildman–Crippen LogP) is 6.58. The molecule has 0 aliphatic heterocycles. The molecule has 1 N–H and O–H groups in total. The number of hydrogen-bond donors (Lipinski definition) is 1. The average molecular weight is 444 g/mol. The van der Waals surface area contributed by atoms with Crippen molar-refractivity contribution in [2.45, 2.75) is 16.5 Å². The molecule has 2 aromatic carbocycles. The summed E-state index contributed by atoms with van der Waals surface area (Å²) in [6.07, 6.45) is 0.214. The summed E-state index contributed by atoms with van der Waals surface area (Å²) >= 11 is 21.1. The summed E-state index contributed by atoms with van der Waals surface area (Å²) in [7, 11) is 0. The van der Waals surface area contributed by atoms with Crippen LogP contribution in [0.25, 0.3) is 0 Å². The second-order valence-electron chi connectivity index (χ2n) is 5.36. The summed E-state index contributed by atoms with van der Waals surface area (Å²) in [5.74, 6) is 0.562. The molecule has 8 heteroatoms. The fourth-order valence-corrected chi connectivity index (χ4v) is 4.74. The summed E-state index contributed by atoms with van der Waals surface area (Å²) < 4.78 is 0.890. The van der Waals surface area contributed by atoms with Crippen LogP contribution in [-0.4, -0.2) is 10.9 Å². The van der Waals surface area contributed by atoms with E-state index in [1.165, 1.54) is 11.3 Å². The van der Waals surface area contributed by atoms with Crippen LogP contribution in [0.1, 0.15) is 11.3 Å². The molecule has 0 unspecified atom stereocenters. The topological polar surface area (TPSA) is 42.0 Å². The molecule has 0 atom stereocenters. The molecule has 0 saturated heterocycles. The van der Waals surface area contributed by atoms with Crippen molar-refractivity contribution in [1.82, 2.24) is 4.98 Å². The van der Waals surface area contributed by atoms with Gasteiger partial charge in [-0.1, -0.05) is 58.7 Å². The van der Waals surface area contributed by atoms with Gasteiger partial charge in [-0.2, -0.15) is 0 Å². The molecule has 0 fully saturated rings. The Bertz CT molecular complexity index is 930. The number of nitrogens with zero attached hydrogens (tertiary/aromatic N) is 1. The van der Waals surface area contributed by atoms with E-state index in [1.54, 1.807) is 42.1 Å². The summed E-state index contributed by atoms with van der Waals surface area (Å²) in [6, 6.07) is 12.5. The Balaban J connectivity index is 1.55. The van der Waals surface area contributed by atoms with Crippen LogP contribution in [-0.2, 0) is 17.0 Å². The van der Waals surface area contributed by atoms with Gasteiger partial charge < -0.3 is 5.32 Å². The van der Waals surface area contributed by atoms with E-state index in [-0.39, 0.29) is 12.3 Å². The Labute approximate surface area is 174 Å². The number of halogens is 3. The van der Waals surface area contributed by atoms with E-state index in [1.807, 2.05) is 17.5 Å². The van der Waals surface area contributed by atoms with Crippen LogP contribution in [0.3, 0.4) is 0 Å². The van der Waals surface area contributed by atoms with Gasteiger partial charge in [0.05, 0.1) is 12.1 Å². The zero-order valence-electron chi connectivity index (χ0n) is 13.3. The van der Waals surface area contributed by atoms with Crippen LogP contribution in [0.2, 0.25) is 15.1 Å². The fourth-order valence-electron chi connectivity index (χ4n) is 2.15. The number of amides is 1. The first kappa shape index (κ1) is 19.5. The minimum absolute atomic E-state index is 0.130. The molecule has 0 aliphatic rings. The van der Waals surface area contributed by atoms with Crippen LogP contribution in [0.5, 0.6) is 0 Å². The predicted molar refractivity (Wildman–Crippen MR) is 112 cm³/mol. The molecule has 0 bridgehead atoms. The van der Waals surface area contributed by atoms with Gasteiger partial charge in [0.25, 0.3) is 0 Å². The smallest absolute Gasteiger partial charge is 0.230 e. The second kappa shape index (κ2) is 9.11. The van der Waals surface area contributed by atoms with E-state index < -0.39 is 0 Å². The Morgan fingerprint density at radius 1 is 1.12 bits per heavy atom. The first-order valence-electron chi connectivity index (χ1n) is 7.56. The van der Waals surface area contributed by atoms with Crippen molar-refractivity contribution in [3.05, 3.63) is 74.2 Å². The standard InChI is InChI=1S/C18H13Cl3N2OS2/c19-12-2-1-3-14(6-12)22-17(24)8-15-10-26-18(23-15)25-9-11-4-5-13(20)7-16(11)21/h1-7,10H,8-9H2,(H,22,24). The highest BCUT2D eigenvalue weighted by Gasteiger charge is 2.10. The number of hydrogen-bond acceptors (Lipinski definition) is 4. The van der Waals surface area contributed by atoms with E-state index >= 15 is 0 Å². The van der Waals surface area contributed by atoms with Crippen molar-refractivity contribution in [1.29, 1.82) is 0 Å². The van der Waals surface area contributed by atoms with Gasteiger partial charge in [0.2, 0.25) is 5.91 Å². The number of thioether (sulfide) groups is 1. The number of benzene rings is 2. The lowest BCUT2D eigenvalue weighted by molar-refractivity contribution is -0.115. The quantitative estimate of drug-likeness (QED) is 0.438. The molecule has 1 amide bonds. The lowest BCUT2D eigenvalue weighted by Gasteiger charge is -2.04. The summed E-state index contributed by atoms with van der Waals surface area (Å²) in [5.41, 5.74) is 2.40. The zero-order chi connectivity index (χ0) is 18.5. The van der Waals surface area contributed by atoms with E-state index in [4.69, 9.17) is 34.8 Å². The fraction of sp³-hybridized carbons (Fsp3) is 0.111. The van der Waals surface area contributed by atoms with Crippen LogP contribution >= 0.6 is 57.9 Å². The molecule has 0 aliphatic carbocycles. The number of anilines is 1. The summed E-state index contributed by atoms with van der Waals surface area (Å²) in [6.45, 7) is 0. The van der Waals surface area contributed by atoms with Gasteiger partial charge in [-0.25, -0.2) is 4.98 Å². The Kier molecular flexibility index (Phi) is 6.84. The minimum Gasteiger partial charge on any atom is -0.326 e. The normalized spacial score (nSPS) is 10.7. The highest BCUT2D eigenvalue weighted by atomic mass is 35.5. The summed E-state index contributed by atoms with van der Waals surface area (Å²) in [5, 5.41) is 6.55. The SMILES string of the molecule is O=C(Cc1csc(SCc2ccc(Cl)cc2Cl)n1)Nc1cccc(Cl)c1. The Morgan fingerprint density at radius 2 is 1.92 bits per heavy atom. The molecule has 26 heavy (non-hydrogen) atoms. The van der Waals surface area contributed by atoms with Crippen molar-refractivity contribution >= 4 is 69.5 Å². The molecule has 3 rings (SSSR count). The third-order valence-corrected chi connectivity index (χ3v) is 6.29. The van der Waals surface area contributed by atoms with E-state index in [0.29, 0.717) is 26.5 Å². The first-order valence-corrected chi connectivity index (χ1v) is 10.6. The summed E-state index contributed by atoms with van der Waals surface area (Å²) in [4.78, 5) is 16.6. The van der Waals surface area contributed by atoms with Crippen molar-refractivity contribution < 1.29 is 4.79 Å². The molecule has 134 valence electrons. The maximum atomic E-state index is 12.1. The van der Waals surface area contributed by atoms with Crippen LogP contribution in [0.15, 0.2) is 52.2 Å². The van der Waals surface area contributed by atoms with Crippen molar-refractivity contribution in [3.8, 4) is 0 Å². The average Bonchev–Trinajstić information content (AvgIpc) is 3.01. The molecule has 0 radical (unpaired) electrons. The molecule has 1 heterocycles. The Hall–Kier alpha value is -1.24. The Morgan fingerprint density at radius 3 is 2.69 bits per heavy atom. The van der Waals surface area contributed by atoms with Gasteiger partial charge >= 0.3 is 0 Å². The van der Waals surface area contributed by atoms with Crippen molar-refractivity contribution in [2.24, 2.45) is 0 Å². The van der Waals surface area contributed by atoms with Gasteiger partial charge in [-0.15, -0.1) is 11.3 Å². The molecule has 3 nitrogen and oxygen atoms in total. The van der Waals surface area contributed by atoms with E-state index in [9.17, 15) is 4.79 Å². The lowest BCUT2D eigenvalue weighted by atomic mass is 10.2. The van der Waals surface area contributed by atoms with Gasteiger partial charge in [-0.3, -0.25) is 4.79 Å². The molecular formula is C18H13Cl3N2OS2. The zero-order valence-corrected chi connectivity index (χ0v) is 17.2. The largest absolute Gasteiger partial charge is 0.326 e. The van der Waals surface area contributed by atoms with E-state index in [2.05, 4.69) is 10.3 Å². The third kappa shape index (κ3) is 5.63. The first-order chi connectivity index (χ1) is 12.5. The number of aromatic nitrogens is 1. The number of rotatable bonds is 6. The third-order valence-electron chi connectivity index (χ3n) is 3.35. The monoisotopic (exact) mass is 442 g/mol. The van der Waals surface area contributed by atoms with Crippen LogP contribution in [0.4, 0.5) is 5.69 Å². The van der Waals surface area contributed by atoms with Gasteiger partial charge in [0.15, 0.2) is 0 Å². The molecule has 1 aromatic heterocycles. The second-order valence-corrected chi connectivity index (χ2v) is 8.73. The van der Waals surface area contributed by atoms with E-state index in [0.717, 1.165) is 15.6 Å². The molecular weight excluding hydrogens is 431 g/mol. The van der Waals surface area contributed by atoms with Crippen LogP contribution < -0.4 is 5.32 Å². The number of thiazole rings is 1. The maximum absolute atomic E-state index is 12.1. The van der Waals surface area contributed by atoms with Crippen molar-refractivity contribution in [3.63, 3.8) is 0 Å². The highest BCUT2D eigenvalue weighted by Crippen LogP contribution is 2.30. The molecule has 0 spiro atoms. The number of nitrogens with one attached hydrogen (secondary N) is 1. The molecule has 3 aromatic rings. The van der Waals surface area contributed by atoms with Gasteiger partial charge in [-0.05, 0) is 35.9 Å². The van der Waals surface area contributed by atoms with Gasteiger partial charge in [0.1, 0.15) is 4.34 Å². The van der Waals surface area contributed by atoms with Crippen LogP contribution in [0, 0.1) is 0 Å². The van der Waals surface area contributed by atoms with Gasteiger partial charge in [0, 0.05) is 31.9 Å². The molecule has 0 saturated carbocycles. The lowest BCUT2D eigenvalue weighted by Crippen LogP contribution is -2.14. The van der Waals surface area contributed by atoms with Crippen molar-refractivity contribution in [2.75, 3.05) is 5.32 Å². The number of carbonyl (C=O) groups excluding carboxylic acids is 1. The maximum Gasteiger partial charge on any atom is 0.230 e. The highest BCUT2D eigenvalue weighted by molar-refractivity contribution is 8.00. The number of carbonyl (C=O) groups is 1. The minimum atomic E-state index is -0.130.